The van der Waals surface area contributed by atoms with Crippen molar-refractivity contribution >= 4 is 22.8 Å². The fourth-order valence-electron chi connectivity index (χ4n) is 5.11. The second-order valence-electron chi connectivity index (χ2n) is 9.79. The summed E-state index contributed by atoms with van der Waals surface area (Å²) in [6.45, 7) is 0.825. The molecule has 1 aliphatic rings. The largest absolute Gasteiger partial charge is 0.487 e. The van der Waals surface area contributed by atoms with Crippen LogP contribution in [0.3, 0.4) is 0 Å². The van der Waals surface area contributed by atoms with Crippen LogP contribution in [0.5, 0.6) is 5.75 Å². The van der Waals surface area contributed by atoms with E-state index in [1.165, 1.54) is 0 Å². The number of unbranched alkanes of at least 4 members (excludes halogenated alkanes) is 1. The van der Waals surface area contributed by atoms with Gasteiger partial charge in [-0.2, -0.15) is 0 Å². The van der Waals surface area contributed by atoms with E-state index in [4.69, 9.17) is 10.5 Å². The summed E-state index contributed by atoms with van der Waals surface area (Å²) in [6, 6.07) is 19.6. The molecule has 202 valence electrons. The first-order chi connectivity index (χ1) is 19.0. The van der Waals surface area contributed by atoms with Crippen molar-refractivity contribution < 1.29 is 19.4 Å². The summed E-state index contributed by atoms with van der Waals surface area (Å²) >= 11 is 0. The summed E-state index contributed by atoms with van der Waals surface area (Å²) in [7, 11) is 0. The normalized spacial score (nSPS) is 17.4. The summed E-state index contributed by atoms with van der Waals surface area (Å²) < 4.78 is 6.02. The minimum atomic E-state index is -1.04. The molecular formula is C30H33N5O4. The van der Waals surface area contributed by atoms with Gasteiger partial charge in [-0.25, -0.2) is 4.79 Å². The number of nitrogens with two attached hydrogens (primary N) is 1. The number of H-pyrrole nitrogens is 1. The average molecular weight is 528 g/mol. The molecule has 0 saturated heterocycles. The monoisotopic (exact) mass is 527 g/mol. The highest BCUT2D eigenvalue weighted by Crippen LogP contribution is 2.36. The highest BCUT2D eigenvalue weighted by atomic mass is 16.5. The standard InChI is InChI=1S/C30H33N5O4/c31-14-5-3-13-25(30(37)38)35-29(36)26-17-23-22-11-1-2-12-24(22)33-28(23)27(34-26)19-8-7-10-21(16-19)39-18-20-9-4-6-15-32-20/h1-2,4,6-12,15-16,25-27,33-34H,3,5,13-14,17-18,31H2,(H,35,36)(H,37,38). The van der Waals surface area contributed by atoms with E-state index in [2.05, 4.69) is 20.6 Å². The zero-order chi connectivity index (χ0) is 27.2. The van der Waals surface area contributed by atoms with Crippen LogP contribution < -0.4 is 21.1 Å². The zero-order valence-electron chi connectivity index (χ0n) is 21.6. The van der Waals surface area contributed by atoms with E-state index in [-0.39, 0.29) is 11.9 Å². The number of carboxylic acids is 1. The third-order valence-electron chi connectivity index (χ3n) is 7.09. The number of para-hydroxylation sites is 1. The van der Waals surface area contributed by atoms with E-state index in [0.29, 0.717) is 44.6 Å². The first-order valence-electron chi connectivity index (χ1n) is 13.2. The number of aromatic nitrogens is 2. The molecule has 0 aliphatic carbocycles. The van der Waals surface area contributed by atoms with Crippen LogP contribution in [0.25, 0.3) is 10.9 Å². The van der Waals surface area contributed by atoms with E-state index in [1.807, 2.05) is 66.7 Å². The Hall–Kier alpha value is -4.21. The van der Waals surface area contributed by atoms with Gasteiger partial charge in [0, 0.05) is 22.8 Å². The molecular weight excluding hydrogens is 494 g/mol. The molecule has 39 heavy (non-hydrogen) atoms. The zero-order valence-corrected chi connectivity index (χ0v) is 21.6. The number of nitrogens with zero attached hydrogens (tertiary/aromatic N) is 1. The Morgan fingerprint density at radius 1 is 1.10 bits per heavy atom. The molecule has 2 aromatic heterocycles. The predicted octanol–water partition coefficient (Wildman–Crippen LogP) is 3.44. The van der Waals surface area contributed by atoms with Crippen LogP contribution in [0.4, 0.5) is 0 Å². The molecule has 9 heteroatoms. The summed E-state index contributed by atoms with van der Waals surface area (Å²) in [5, 5.41) is 17.0. The van der Waals surface area contributed by atoms with Gasteiger partial charge in [0.25, 0.3) is 0 Å². The van der Waals surface area contributed by atoms with Gasteiger partial charge >= 0.3 is 5.97 Å². The smallest absolute Gasteiger partial charge is 0.326 e. The van der Waals surface area contributed by atoms with Crippen LogP contribution in [0, 0.1) is 0 Å². The van der Waals surface area contributed by atoms with E-state index in [0.717, 1.165) is 33.4 Å². The maximum atomic E-state index is 13.4. The molecule has 3 atom stereocenters. The molecule has 9 nitrogen and oxygen atoms in total. The summed E-state index contributed by atoms with van der Waals surface area (Å²) in [5.74, 6) is -0.688. The van der Waals surface area contributed by atoms with Gasteiger partial charge in [0.05, 0.1) is 17.8 Å². The van der Waals surface area contributed by atoms with Crippen molar-refractivity contribution in [3.63, 3.8) is 0 Å². The van der Waals surface area contributed by atoms with E-state index < -0.39 is 18.1 Å². The molecule has 0 bridgehead atoms. The van der Waals surface area contributed by atoms with E-state index >= 15 is 0 Å². The number of ether oxygens (including phenoxy) is 1. The number of aliphatic carboxylic acids is 1. The Morgan fingerprint density at radius 2 is 1.95 bits per heavy atom. The van der Waals surface area contributed by atoms with Gasteiger partial charge in [0.2, 0.25) is 5.91 Å². The Morgan fingerprint density at radius 3 is 2.74 bits per heavy atom. The second kappa shape index (κ2) is 12.1. The van der Waals surface area contributed by atoms with Gasteiger partial charge in [0.1, 0.15) is 18.4 Å². The fraction of sp³-hybridized carbons (Fsp3) is 0.300. The lowest BCUT2D eigenvalue weighted by molar-refractivity contribution is -0.142. The molecule has 0 radical (unpaired) electrons. The number of aromatic amines is 1. The molecule has 2 aromatic carbocycles. The first-order valence-corrected chi connectivity index (χ1v) is 13.2. The quantitative estimate of drug-likeness (QED) is 0.188. The number of rotatable bonds is 11. The van der Waals surface area contributed by atoms with Crippen LogP contribution >= 0.6 is 0 Å². The molecule has 3 heterocycles. The SMILES string of the molecule is NCCCCC(NC(=O)C1Cc2c([nH]c3ccccc23)C(c2cccc(OCc3ccccn3)c2)N1)C(=O)O. The van der Waals surface area contributed by atoms with Crippen LogP contribution in [0.2, 0.25) is 0 Å². The number of nitrogens with one attached hydrogen (secondary N) is 3. The van der Waals surface area contributed by atoms with Crippen LogP contribution in [-0.4, -0.2) is 45.6 Å². The highest BCUT2D eigenvalue weighted by molar-refractivity contribution is 5.90. The van der Waals surface area contributed by atoms with Crippen LogP contribution in [0.1, 0.15) is 47.8 Å². The van der Waals surface area contributed by atoms with Gasteiger partial charge in [0.15, 0.2) is 0 Å². The fourth-order valence-corrected chi connectivity index (χ4v) is 5.11. The lowest BCUT2D eigenvalue weighted by Crippen LogP contribution is -2.53. The van der Waals surface area contributed by atoms with Crippen molar-refractivity contribution in [2.75, 3.05) is 6.54 Å². The van der Waals surface area contributed by atoms with Gasteiger partial charge in [-0.05, 0) is 73.7 Å². The van der Waals surface area contributed by atoms with Crippen molar-refractivity contribution in [3.8, 4) is 5.75 Å². The average Bonchev–Trinajstić information content (AvgIpc) is 3.34. The molecule has 0 spiro atoms. The molecule has 0 fully saturated rings. The number of carboxylic acid groups (broad SMARTS) is 1. The molecule has 1 aliphatic heterocycles. The number of hydrogen-bond acceptors (Lipinski definition) is 6. The predicted molar refractivity (Wildman–Crippen MR) is 148 cm³/mol. The number of hydrogen-bond donors (Lipinski definition) is 5. The highest BCUT2D eigenvalue weighted by Gasteiger charge is 2.35. The second-order valence-corrected chi connectivity index (χ2v) is 9.79. The number of benzene rings is 2. The number of pyridine rings is 1. The van der Waals surface area contributed by atoms with Crippen molar-refractivity contribution in [2.45, 2.75) is 50.4 Å². The molecule has 3 unspecified atom stereocenters. The lowest BCUT2D eigenvalue weighted by Gasteiger charge is -2.32. The van der Waals surface area contributed by atoms with Crippen molar-refractivity contribution in [1.29, 1.82) is 0 Å². The third-order valence-corrected chi connectivity index (χ3v) is 7.09. The third kappa shape index (κ3) is 6.10. The summed E-state index contributed by atoms with van der Waals surface area (Å²) in [5.41, 5.74) is 10.3. The Balaban J connectivity index is 1.41. The Kier molecular flexibility index (Phi) is 8.19. The van der Waals surface area contributed by atoms with Gasteiger partial charge in [-0.15, -0.1) is 0 Å². The Bertz CT molecular complexity index is 1440. The maximum absolute atomic E-state index is 13.4. The molecule has 1 amide bonds. The number of amides is 1. The van der Waals surface area contributed by atoms with Crippen molar-refractivity contribution in [3.05, 3.63) is 95.4 Å². The number of fused-ring (bicyclic) bond motifs is 3. The molecule has 0 saturated carbocycles. The van der Waals surface area contributed by atoms with Gasteiger partial charge in [-0.1, -0.05) is 36.4 Å². The van der Waals surface area contributed by atoms with Crippen molar-refractivity contribution in [2.24, 2.45) is 5.73 Å². The topological polar surface area (TPSA) is 142 Å². The molecule has 6 N–H and O–H groups in total. The van der Waals surface area contributed by atoms with Crippen LogP contribution in [-0.2, 0) is 22.6 Å². The summed E-state index contributed by atoms with van der Waals surface area (Å²) in [4.78, 5) is 33.1. The minimum absolute atomic E-state index is 0.323. The number of carbonyl (C=O) groups is 2. The summed E-state index contributed by atoms with van der Waals surface area (Å²) in [6.07, 6.45) is 3.85. The van der Waals surface area contributed by atoms with E-state index in [9.17, 15) is 14.7 Å². The van der Waals surface area contributed by atoms with E-state index in [1.54, 1.807) is 6.20 Å². The van der Waals surface area contributed by atoms with Crippen LogP contribution in [0.15, 0.2) is 72.9 Å². The van der Waals surface area contributed by atoms with Crippen molar-refractivity contribution in [1.82, 2.24) is 20.6 Å². The maximum Gasteiger partial charge on any atom is 0.326 e. The van der Waals surface area contributed by atoms with Gasteiger partial charge < -0.3 is 25.9 Å². The van der Waals surface area contributed by atoms with Gasteiger partial charge in [-0.3, -0.25) is 15.1 Å². The lowest BCUT2D eigenvalue weighted by atomic mass is 9.89. The first kappa shape index (κ1) is 26.4. The molecule has 5 rings (SSSR count). The minimum Gasteiger partial charge on any atom is -0.487 e. The molecule has 4 aromatic rings. The number of carbonyl (C=O) groups excluding carboxylic acids is 1. The Labute approximate surface area is 226 Å².